The lowest BCUT2D eigenvalue weighted by molar-refractivity contribution is -0.140. The van der Waals surface area contributed by atoms with E-state index in [2.05, 4.69) is 0 Å². The van der Waals surface area contributed by atoms with E-state index in [1.165, 1.54) is 13.8 Å². The maximum atomic E-state index is 13.6. The third-order valence-electron chi connectivity index (χ3n) is 8.54. The summed E-state index contributed by atoms with van der Waals surface area (Å²) in [5.74, 6) is -3.25. The molecule has 0 radical (unpaired) electrons. The Hall–Kier alpha value is -4.63. The number of anilines is 2. The lowest BCUT2D eigenvalue weighted by Gasteiger charge is -2.23. The molecule has 58 heavy (non-hydrogen) atoms. The molecular formula is C38H32F8N2O6S4. The number of halogens is 8. The van der Waals surface area contributed by atoms with Crippen molar-refractivity contribution < 1.29 is 61.9 Å². The number of rotatable bonds is 10. The number of alkyl halides is 6. The summed E-state index contributed by atoms with van der Waals surface area (Å²) in [4.78, 5) is 12.2. The van der Waals surface area contributed by atoms with Crippen LogP contribution in [0.15, 0.2) is 84.9 Å². The second kappa shape index (κ2) is 16.6. The van der Waals surface area contributed by atoms with E-state index >= 15 is 0 Å². The standard InChI is InChI=1S/C19H17F4NO3S2.C19H15F4NO3S2/c2*1-11(25)17-13-5-3-4-6-16(13)28-18(17)24(29(2,26)27)10-12-7-8-15(20)14(9-12)19(21,22)23/h3-9,11,25H,10H2,1-2H3;3-9H,10H2,1-2H3. The summed E-state index contributed by atoms with van der Waals surface area (Å²) in [5, 5.41) is 11.8. The van der Waals surface area contributed by atoms with E-state index in [0.29, 0.717) is 45.3 Å². The van der Waals surface area contributed by atoms with Crippen molar-refractivity contribution in [2.75, 3.05) is 21.1 Å². The summed E-state index contributed by atoms with van der Waals surface area (Å²) in [6.45, 7) is 1.86. The highest BCUT2D eigenvalue weighted by molar-refractivity contribution is 7.92. The Kier molecular flexibility index (Phi) is 12.7. The number of benzene rings is 4. The fourth-order valence-electron chi connectivity index (χ4n) is 5.98. The van der Waals surface area contributed by atoms with Crippen LogP contribution >= 0.6 is 22.7 Å². The fourth-order valence-corrected chi connectivity index (χ4v) is 10.9. The zero-order valence-electron chi connectivity index (χ0n) is 30.6. The summed E-state index contributed by atoms with van der Waals surface area (Å²) in [5.41, 5.74) is -2.49. The number of hydrogen-bond acceptors (Lipinski definition) is 8. The van der Waals surface area contributed by atoms with Crippen molar-refractivity contribution in [1.29, 1.82) is 0 Å². The number of fused-ring (bicyclic) bond motifs is 2. The lowest BCUT2D eigenvalue weighted by Crippen LogP contribution is -2.30. The molecule has 6 aromatic rings. The number of aliphatic hydroxyl groups excluding tert-OH is 1. The van der Waals surface area contributed by atoms with E-state index in [1.807, 2.05) is 0 Å². The summed E-state index contributed by atoms with van der Waals surface area (Å²) < 4.78 is 158. The van der Waals surface area contributed by atoms with Gasteiger partial charge >= 0.3 is 12.4 Å². The second-order valence-corrected chi connectivity index (χ2v) is 18.9. The van der Waals surface area contributed by atoms with Crippen LogP contribution in [-0.4, -0.2) is 40.2 Å². The van der Waals surface area contributed by atoms with Crippen molar-refractivity contribution in [3.8, 4) is 0 Å². The van der Waals surface area contributed by atoms with Crippen LogP contribution in [0.5, 0.6) is 0 Å². The summed E-state index contributed by atoms with van der Waals surface area (Å²) in [7, 11) is -7.88. The van der Waals surface area contributed by atoms with Crippen LogP contribution in [0.3, 0.4) is 0 Å². The molecule has 20 heteroatoms. The van der Waals surface area contributed by atoms with Gasteiger partial charge in [0.05, 0.1) is 48.4 Å². The van der Waals surface area contributed by atoms with Crippen molar-refractivity contribution in [2.24, 2.45) is 0 Å². The molecule has 2 heterocycles. The number of sulfonamides is 2. The first kappa shape index (κ1) is 44.5. The van der Waals surface area contributed by atoms with E-state index in [4.69, 9.17) is 0 Å². The van der Waals surface area contributed by atoms with Gasteiger partial charge in [0.25, 0.3) is 0 Å². The average molecular weight is 893 g/mol. The van der Waals surface area contributed by atoms with E-state index in [-0.39, 0.29) is 32.5 Å². The lowest BCUT2D eigenvalue weighted by atomic mass is 10.1. The first-order valence-corrected chi connectivity index (χ1v) is 22.0. The smallest absolute Gasteiger partial charge is 0.389 e. The molecule has 1 N–H and O–H groups in total. The predicted molar refractivity (Wildman–Crippen MR) is 209 cm³/mol. The Morgan fingerprint density at radius 2 is 1.07 bits per heavy atom. The van der Waals surface area contributed by atoms with Gasteiger partial charge in [0.2, 0.25) is 20.0 Å². The molecule has 0 saturated heterocycles. The topological polar surface area (TPSA) is 112 Å². The number of hydrogen-bond donors (Lipinski definition) is 1. The van der Waals surface area contributed by atoms with Gasteiger partial charge in [0.15, 0.2) is 5.78 Å². The Labute approximate surface area is 335 Å². The highest BCUT2D eigenvalue weighted by Crippen LogP contribution is 2.44. The summed E-state index contributed by atoms with van der Waals surface area (Å²) in [6, 6.07) is 18.5. The third-order valence-corrected chi connectivity index (χ3v) is 13.4. The van der Waals surface area contributed by atoms with E-state index < -0.39 is 74.4 Å². The van der Waals surface area contributed by atoms with Crippen molar-refractivity contribution >= 4 is 78.7 Å². The molecule has 0 fully saturated rings. The number of Topliss-reactive ketones (excluding diaryl/α,β-unsaturated/α-hetero) is 1. The van der Waals surface area contributed by atoms with E-state index in [9.17, 15) is 61.9 Å². The number of nitrogens with zero attached hydrogens (tertiary/aromatic N) is 2. The molecule has 0 aliphatic rings. The molecule has 0 spiro atoms. The second-order valence-electron chi connectivity index (χ2n) is 13.0. The highest BCUT2D eigenvalue weighted by Gasteiger charge is 2.36. The number of carbonyl (C=O) groups excluding carboxylic acids is 1. The first-order chi connectivity index (χ1) is 26.8. The first-order valence-electron chi connectivity index (χ1n) is 16.7. The van der Waals surface area contributed by atoms with Gasteiger partial charge < -0.3 is 5.11 Å². The normalized spacial score (nSPS) is 13.0. The molecule has 4 aromatic carbocycles. The van der Waals surface area contributed by atoms with Gasteiger partial charge in [-0.15, -0.1) is 22.7 Å². The van der Waals surface area contributed by atoms with E-state index in [1.54, 1.807) is 48.5 Å². The molecular weight excluding hydrogens is 861 g/mol. The van der Waals surface area contributed by atoms with Crippen molar-refractivity contribution in [1.82, 2.24) is 0 Å². The van der Waals surface area contributed by atoms with Crippen molar-refractivity contribution in [3.63, 3.8) is 0 Å². The zero-order chi connectivity index (χ0) is 43.1. The minimum Gasteiger partial charge on any atom is -0.389 e. The van der Waals surface area contributed by atoms with Crippen LogP contribution in [0.4, 0.5) is 45.1 Å². The number of aliphatic hydroxyl groups is 1. The van der Waals surface area contributed by atoms with Crippen LogP contribution in [0.1, 0.15) is 58.1 Å². The van der Waals surface area contributed by atoms with Gasteiger partial charge in [0.1, 0.15) is 21.6 Å². The summed E-state index contributed by atoms with van der Waals surface area (Å²) in [6.07, 6.45) is -9.01. The molecule has 8 nitrogen and oxygen atoms in total. The third kappa shape index (κ3) is 9.79. The quantitative estimate of drug-likeness (QED) is 0.108. The maximum Gasteiger partial charge on any atom is 0.419 e. The molecule has 310 valence electrons. The molecule has 6 rings (SSSR count). The molecule has 2 aromatic heterocycles. The molecule has 1 atom stereocenters. The van der Waals surface area contributed by atoms with Gasteiger partial charge in [-0.05, 0) is 61.4 Å². The minimum atomic E-state index is -4.92. The molecule has 0 amide bonds. The van der Waals surface area contributed by atoms with Crippen LogP contribution in [0.2, 0.25) is 0 Å². The molecule has 0 aliphatic carbocycles. The van der Waals surface area contributed by atoms with Gasteiger partial charge in [0, 0.05) is 25.7 Å². The zero-order valence-corrected chi connectivity index (χ0v) is 33.9. The van der Waals surface area contributed by atoms with Gasteiger partial charge in [-0.3, -0.25) is 13.4 Å². The SMILES string of the molecule is CC(=O)c1c(N(Cc2ccc(F)c(C(F)(F)F)c2)S(C)(=O)=O)sc2ccccc12.CC(O)c1c(N(Cc2ccc(F)c(C(F)(F)F)c2)S(C)(=O)=O)sc2ccccc12. The van der Waals surface area contributed by atoms with Gasteiger partial charge in [-0.1, -0.05) is 48.5 Å². The van der Waals surface area contributed by atoms with Crippen LogP contribution in [0.25, 0.3) is 20.2 Å². The number of carbonyl (C=O) groups is 1. The van der Waals surface area contributed by atoms with Crippen LogP contribution in [0, 0.1) is 11.6 Å². The van der Waals surface area contributed by atoms with Gasteiger partial charge in [-0.2, -0.15) is 26.3 Å². The Bertz CT molecular complexity index is 2730. The van der Waals surface area contributed by atoms with Crippen molar-refractivity contribution in [2.45, 2.75) is 45.4 Å². The highest BCUT2D eigenvalue weighted by atomic mass is 32.2. The molecule has 1 unspecified atom stereocenters. The van der Waals surface area contributed by atoms with Crippen molar-refractivity contribution in [3.05, 3.63) is 130 Å². The predicted octanol–water partition coefficient (Wildman–Crippen LogP) is 10.3. The fraction of sp³-hybridized carbons (Fsp3) is 0.237. The molecule has 0 aliphatic heterocycles. The Morgan fingerprint density at radius 1 is 0.672 bits per heavy atom. The van der Waals surface area contributed by atoms with Gasteiger partial charge in [-0.25, -0.2) is 25.6 Å². The summed E-state index contributed by atoms with van der Waals surface area (Å²) >= 11 is 2.16. The Balaban J connectivity index is 0.000000221. The number of thiophene rings is 2. The monoisotopic (exact) mass is 892 g/mol. The van der Waals surface area contributed by atoms with Crippen LogP contribution in [-0.2, 0) is 45.5 Å². The minimum absolute atomic E-state index is 0.0295. The maximum absolute atomic E-state index is 13.6. The van der Waals surface area contributed by atoms with E-state index in [0.717, 1.165) is 60.6 Å². The Morgan fingerprint density at radius 3 is 1.48 bits per heavy atom. The number of ketones is 1. The molecule has 0 bridgehead atoms. The van der Waals surface area contributed by atoms with Crippen LogP contribution < -0.4 is 8.61 Å². The largest absolute Gasteiger partial charge is 0.419 e. The average Bonchev–Trinajstić information content (AvgIpc) is 3.68. The molecule has 0 saturated carbocycles.